The minimum atomic E-state index is -4.56. The summed E-state index contributed by atoms with van der Waals surface area (Å²) in [5, 5.41) is 0.135. The molecule has 4 rings (SSSR count). The third-order valence-electron chi connectivity index (χ3n) is 5.38. The molecule has 4 heterocycles. The summed E-state index contributed by atoms with van der Waals surface area (Å²) in [4.78, 5) is 33.2. The minimum Gasteiger partial charge on any atom is -0.454 e. The van der Waals surface area contributed by atoms with Crippen molar-refractivity contribution in [2.45, 2.75) is 44.7 Å². The fourth-order valence-corrected chi connectivity index (χ4v) is 3.64. The second-order valence-corrected chi connectivity index (χ2v) is 7.84. The summed E-state index contributed by atoms with van der Waals surface area (Å²) < 4.78 is 57.1. The Morgan fingerprint density at radius 1 is 1.15 bits per heavy atom. The van der Waals surface area contributed by atoms with Gasteiger partial charge in [0.05, 0.1) is 24.4 Å². The topological polar surface area (TPSA) is 97.5 Å². The van der Waals surface area contributed by atoms with Gasteiger partial charge in [-0.3, -0.25) is 13.9 Å². The van der Waals surface area contributed by atoms with Crippen LogP contribution in [-0.4, -0.2) is 38.6 Å². The molecule has 1 fully saturated rings. The Balaban J connectivity index is 1.52. The summed E-state index contributed by atoms with van der Waals surface area (Å²) in [5.74, 6) is 0.163. The van der Waals surface area contributed by atoms with Gasteiger partial charge in [-0.2, -0.15) is 13.2 Å². The molecule has 0 bridgehead atoms. The van der Waals surface area contributed by atoms with E-state index in [1.165, 1.54) is 23.9 Å². The zero-order valence-corrected chi connectivity index (χ0v) is 18.4. The lowest BCUT2D eigenvalue weighted by Gasteiger charge is -2.22. The van der Waals surface area contributed by atoms with E-state index in [1.54, 1.807) is 0 Å². The molecule has 182 valence electrons. The van der Waals surface area contributed by atoms with Crippen LogP contribution in [0, 0.1) is 0 Å². The lowest BCUT2D eigenvalue weighted by molar-refractivity contribution is -0.163. The normalized spacial score (nSPS) is 16.6. The van der Waals surface area contributed by atoms with Crippen molar-refractivity contribution in [1.29, 1.82) is 0 Å². The van der Waals surface area contributed by atoms with Gasteiger partial charge in [-0.25, -0.2) is 14.8 Å². The monoisotopic (exact) mass is 480 g/mol. The number of halogens is 3. The Bertz CT molecular complexity index is 1260. The Kier molecular flexibility index (Phi) is 6.98. The van der Waals surface area contributed by atoms with Crippen LogP contribution in [0.3, 0.4) is 0 Å². The van der Waals surface area contributed by atoms with E-state index in [4.69, 9.17) is 14.2 Å². The molecule has 3 aromatic heterocycles. The number of pyridine rings is 2. The Morgan fingerprint density at radius 3 is 2.62 bits per heavy atom. The molecular formula is C22H23F3N4O5. The van der Waals surface area contributed by atoms with Crippen molar-refractivity contribution in [2.24, 2.45) is 7.05 Å². The smallest absolute Gasteiger partial charge is 0.433 e. The molecule has 0 amide bonds. The fraction of sp³-hybridized carbons (Fsp3) is 0.455. The highest BCUT2D eigenvalue weighted by molar-refractivity contribution is 5.75. The first-order valence-corrected chi connectivity index (χ1v) is 10.8. The number of nitrogens with zero attached hydrogens (tertiary/aromatic N) is 4. The Morgan fingerprint density at radius 2 is 1.94 bits per heavy atom. The van der Waals surface area contributed by atoms with Gasteiger partial charge in [-0.05, 0) is 43.9 Å². The number of ether oxygens (including phenoxy) is 3. The first kappa shape index (κ1) is 23.9. The molecule has 0 radical (unpaired) electrons. The van der Waals surface area contributed by atoms with Crippen molar-refractivity contribution in [1.82, 2.24) is 19.1 Å². The number of rotatable bonds is 7. The van der Waals surface area contributed by atoms with Crippen molar-refractivity contribution in [2.75, 3.05) is 13.2 Å². The maximum atomic E-state index is 13.0. The van der Waals surface area contributed by atoms with Gasteiger partial charge in [0.25, 0.3) is 5.56 Å². The molecule has 1 unspecified atom stereocenters. The molecular weight excluding hydrogens is 457 g/mol. The maximum absolute atomic E-state index is 13.0. The number of fused-ring (bicyclic) bond motifs is 1. The summed E-state index contributed by atoms with van der Waals surface area (Å²) in [6.45, 7) is 1.14. The molecule has 3 aromatic rings. The summed E-state index contributed by atoms with van der Waals surface area (Å²) in [6.07, 6.45) is 0.694. The molecule has 1 atom stereocenters. The van der Waals surface area contributed by atoms with Crippen LogP contribution in [-0.2, 0) is 29.2 Å². The lowest BCUT2D eigenvalue weighted by atomic mass is 10.2. The van der Waals surface area contributed by atoms with Gasteiger partial charge in [0.15, 0.2) is 6.29 Å². The molecule has 9 nitrogen and oxygen atoms in total. The molecule has 12 heteroatoms. The van der Waals surface area contributed by atoms with E-state index in [0.29, 0.717) is 19.6 Å². The van der Waals surface area contributed by atoms with Crippen LogP contribution in [0.1, 0.15) is 31.4 Å². The predicted molar refractivity (Wildman–Crippen MR) is 115 cm³/mol. The van der Waals surface area contributed by atoms with Crippen LogP contribution in [0.5, 0.6) is 11.5 Å². The number of aromatic nitrogens is 4. The van der Waals surface area contributed by atoms with E-state index in [-0.39, 0.29) is 35.4 Å². The summed E-state index contributed by atoms with van der Waals surface area (Å²) >= 11 is 0. The molecule has 0 spiro atoms. The van der Waals surface area contributed by atoms with Crippen molar-refractivity contribution in [3.05, 3.63) is 57.1 Å². The number of hydrogen-bond acceptors (Lipinski definition) is 7. The highest BCUT2D eigenvalue weighted by atomic mass is 19.4. The number of alkyl halides is 3. The van der Waals surface area contributed by atoms with E-state index in [9.17, 15) is 22.8 Å². The third-order valence-corrected chi connectivity index (χ3v) is 5.38. The molecule has 0 saturated carbocycles. The minimum absolute atomic E-state index is 0.0429. The van der Waals surface area contributed by atoms with Gasteiger partial charge in [-0.15, -0.1) is 0 Å². The largest absolute Gasteiger partial charge is 0.454 e. The van der Waals surface area contributed by atoms with Gasteiger partial charge >= 0.3 is 11.9 Å². The highest BCUT2D eigenvalue weighted by Crippen LogP contribution is 2.29. The van der Waals surface area contributed by atoms with Crippen LogP contribution in [0.15, 0.2) is 40.2 Å². The van der Waals surface area contributed by atoms with Crippen LogP contribution >= 0.6 is 0 Å². The first-order valence-electron chi connectivity index (χ1n) is 10.8. The average molecular weight is 480 g/mol. The summed E-state index contributed by atoms with van der Waals surface area (Å²) in [6, 6.07) is 3.31. The molecule has 1 aliphatic rings. The van der Waals surface area contributed by atoms with E-state index in [0.717, 1.165) is 42.2 Å². The lowest BCUT2D eigenvalue weighted by Crippen LogP contribution is -2.39. The van der Waals surface area contributed by atoms with E-state index >= 15 is 0 Å². The first-order chi connectivity index (χ1) is 16.2. The van der Waals surface area contributed by atoms with E-state index in [1.807, 2.05) is 0 Å². The van der Waals surface area contributed by atoms with Gasteiger partial charge in [0.1, 0.15) is 22.8 Å². The number of hydrogen-bond donors (Lipinski definition) is 0. The van der Waals surface area contributed by atoms with Gasteiger partial charge < -0.3 is 14.2 Å². The quantitative estimate of drug-likeness (QED) is 0.479. The van der Waals surface area contributed by atoms with Crippen molar-refractivity contribution in [3.63, 3.8) is 0 Å². The maximum Gasteiger partial charge on any atom is 0.433 e. The highest BCUT2D eigenvalue weighted by Gasteiger charge is 2.32. The van der Waals surface area contributed by atoms with Crippen molar-refractivity contribution < 1.29 is 27.4 Å². The molecule has 0 aliphatic carbocycles. The van der Waals surface area contributed by atoms with Gasteiger partial charge in [0, 0.05) is 20.2 Å². The zero-order valence-electron chi connectivity index (χ0n) is 18.4. The third kappa shape index (κ3) is 5.28. The van der Waals surface area contributed by atoms with Gasteiger partial charge in [0.2, 0.25) is 0 Å². The summed E-state index contributed by atoms with van der Waals surface area (Å²) in [7, 11) is 1.50. The molecule has 0 N–H and O–H groups in total. The zero-order chi connectivity index (χ0) is 24.3. The molecule has 34 heavy (non-hydrogen) atoms. The second-order valence-electron chi connectivity index (χ2n) is 7.84. The predicted octanol–water partition coefficient (Wildman–Crippen LogP) is 3.23. The fourth-order valence-electron chi connectivity index (χ4n) is 3.64. The van der Waals surface area contributed by atoms with Crippen LogP contribution in [0.2, 0.25) is 0 Å². The Labute approximate surface area is 191 Å². The number of aryl methyl sites for hydroxylation is 1. The van der Waals surface area contributed by atoms with Crippen LogP contribution < -0.4 is 16.0 Å². The molecule has 1 aliphatic heterocycles. The van der Waals surface area contributed by atoms with Crippen LogP contribution in [0.25, 0.3) is 11.0 Å². The molecule has 0 aromatic carbocycles. The second kappa shape index (κ2) is 9.94. The van der Waals surface area contributed by atoms with Gasteiger partial charge in [-0.1, -0.05) is 0 Å². The van der Waals surface area contributed by atoms with E-state index < -0.39 is 23.1 Å². The van der Waals surface area contributed by atoms with Crippen molar-refractivity contribution in [3.8, 4) is 11.5 Å². The molecule has 1 saturated heterocycles. The SMILES string of the molecule is Cn1c(=O)n(CCCOC2CCCCO2)c(=O)c2cc(Oc3ccc(C(F)(F)F)nc3)cnc21. The standard InChI is InChI=1S/C22H23F3N4O5/c1-28-19-16(11-15(13-27-19)34-14-6-7-17(26-12-14)22(23,24)25)20(30)29(21(28)31)8-4-10-33-18-5-2-3-9-32-18/h6-7,11-13,18H,2-5,8-10H2,1H3. The van der Waals surface area contributed by atoms with Crippen LogP contribution in [0.4, 0.5) is 13.2 Å². The Hall–Kier alpha value is -3.25. The van der Waals surface area contributed by atoms with Crippen molar-refractivity contribution >= 4 is 11.0 Å². The summed E-state index contributed by atoms with van der Waals surface area (Å²) in [5.41, 5.74) is -1.94. The van der Waals surface area contributed by atoms with E-state index in [2.05, 4.69) is 9.97 Å². The average Bonchev–Trinajstić information content (AvgIpc) is 2.82.